The second-order valence-electron chi connectivity index (χ2n) is 5.36. The van der Waals surface area contributed by atoms with E-state index < -0.39 is 0 Å². The number of nitrogens with one attached hydrogen (secondary N) is 1. The Morgan fingerprint density at radius 2 is 2.19 bits per heavy atom. The van der Waals surface area contributed by atoms with E-state index in [1.54, 1.807) is 27.6 Å². The fourth-order valence-electron chi connectivity index (χ4n) is 2.61. The predicted octanol–water partition coefficient (Wildman–Crippen LogP) is 2.66. The maximum atomic E-state index is 12.7. The summed E-state index contributed by atoms with van der Waals surface area (Å²) in [5.41, 5.74) is 3.97. The van der Waals surface area contributed by atoms with Crippen LogP contribution >= 0.6 is 11.3 Å². The van der Waals surface area contributed by atoms with Crippen LogP contribution in [-0.4, -0.2) is 20.5 Å². The van der Waals surface area contributed by atoms with Gasteiger partial charge >= 0.3 is 0 Å². The van der Waals surface area contributed by atoms with Gasteiger partial charge in [0.05, 0.1) is 21.8 Å². The summed E-state index contributed by atoms with van der Waals surface area (Å²) in [7, 11) is 0. The van der Waals surface area contributed by atoms with Crippen molar-refractivity contribution in [2.24, 2.45) is 0 Å². The summed E-state index contributed by atoms with van der Waals surface area (Å²) in [5, 5.41) is 2.91. The van der Waals surface area contributed by atoms with Crippen LogP contribution in [0.4, 0.5) is 0 Å². The number of benzene rings is 1. The lowest BCUT2D eigenvalue weighted by atomic mass is 10.0. The molecule has 0 aliphatic heterocycles. The summed E-state index contributed by atoms with van der Waals surface area (Å²) in [5.74, 6) is -0.233. The highest BCUT2D eigenvalue weighted by atomic mass is 32.1. The molecule has 5 nitrogen and oxygen atoms in total. The van der Waals surface area contributed by atoms with E-state index >= 15 is 0 Å². The molecule has 1 aliphatic carbocycles. The standard InChI is InChI=1S/C15H13N3O2S/c1-8-10(4-5-12-13(8)16-7-21-12)14(19)11-6-17-18(15(11)20)9-2-3-9/h4-7,9,17H,2-3H2,1H3. The first-order valence-electron chi connectivity index (χ1n) is 6.84. The number of hydrogen-bond acceptors (Lipinski definition) is 4. The van der Waals surface area contributed by atoms with E-state index in [4.69, 9.17) is 0 Å². The Morgan fingerprint density at radius 3 is 2.95 bits per heavy atom. The fourth-order valence-corrected chi connectivity index (χ4v) is 3.34. The molecule has 21 heavy (non-hydrogen) atoms. The molecule has 0 amide bonds. The number of nitrogens with zero attached hydrogens (tertiary/aromatic N) is 2. The molecule has 0 atom stereocenters. The maximum Gasteiger partial charge on any atom is 0.277 e. The number of rotatable bonds is 3. The minimum atomic E-state index is -0.233. The highest BCUT2D eigenvalue weighted by Crippen LogP contribution is 2.33. The summed E-state index contributed by atoms with van der Waals surface area (Å²) in [6, 6.07) is 3.91. The highest BCUT2D eigenvalue weighted by Gasteiger charge is 2.28. The first-order valence-corrected chi connectivity index (χ1v) is 7.72. The quantitative estimate of drug-likeness (QED) is 0.756. The zero-order chi connectivity index (χ0) is 14.6. The van der Waals surface area contributed by atoms with Crippen LogP contribution in [-0.2, 0) is 0 Å². The molecule has 1 N–H and O–H groups in total. The largest absolute Gasteiger partial charge is 0.302 e. The van der Waals surface area contributed by atoms with Gasteiger partial charge in [0, 0.05) is 11.8 Å². The third kappa shape index (κ3) is 1.86. The average Bonchev–Trinajstić information content (AvgIpc) is 3.06. The topological polar surface area (TPSA) is 67.8 Å². The van der Waals surface area contributed by atoms with Gasteiger partial charge in [0.1, 0.15) is 5.56 Å². The maximum absolute atomic E-state index is 12.7. The van der Waals surface area contributed by atoms with Gasteiger partial charge in [-0.05, 0) is 37.5 Å². The third-order valence-corrected chi connectivity index (χ3v) is 4.75. The number of carbonyl (C=O) groups excluding carboxylic acids is 1. The number of fused-ring (bicyclic) bond motifs is 1. The van der Waals surface area contributed by atoms with Crippen LogP contribution in [0.15, 0.2) is 28.6 Å². The Labute approximate surface area is 124 Å². The van der Waals surface area contributed by atoms with Gasteiger partial charge in [-0.1, -0.05) is 0 Å². The molecule has 0 radical (unpaired) electrons. The van der Waals surface area contributed by atoms with E-state index in [1.165, 1.54) is 6.20 Å². The van der Waals surface area contributed by atoms with Crippen LogP contribution in [0, 0.1) is 6.92 Å². The van der Waals surface area contributed by atoms with Crippen molar-refractivity contribution < 1.29 is 4.79 Å². The molecule has 1 fully saturated rings. The van der Waals surface area contributed by atoms with Crippen molar-refractivity contribution in [3.63, 3.8) is 0 Å². The van der Waals surface area contributed by atoms with Crippen molar-refractivity contribution in [2.75, 3.05) is 0 Å². The van der Waals surface area contributed by atoms with E-state index in [-0.39, 0.29) is 22.9 Å². The van der Waals surface area contributed by atoms with Gasteiger partial charge in [0.2, 0.25) is 5.78 Å². The Kier molecular flexibility index (Phi) is 2.62. The number of aryl methyl sites for hydroxylation is 1. The molecule has 0 bridgehead atoms. The number of H-pyrrole nitrogens is 1. The molecular weight excluding hydrogens is 286 g/mol. The number of thiazole rings is 1. The molecular formula is C15H13N3O2S. The molecule has 1 saturated carbocycles. The van der Waals surface area contributed by atoms with Crippen LogP contribution in [0.2, 0.25) is 0 Å². The number of carbonyl (C=O) groups is 1. The molecule has 0 spiro atoms. The number of ketones is 1. The van der Waals surface area contributed by atoms with Gasteiger partial charge in [-0.25, -0.2) is 9.67 Å². The molecule has 1 aliphatic rings. The molecule has 4 rings (SSSR count). The van der Waals surface area contributed by atoms with Crippen molar-refractivity contribution in [3.05, 3.63) is 50.9 Å². The van der Waals surface area contributed by atoms with Crippen molar-refractivity contribution >= 4 is 27.3 Å². The van der Waals surface area contributed by atoms with E-state index in [0.29, 0.717) is 5.56 Å². The zero-order valence-corrected chi connectivity index (χ0v) is 12.2. The lowest BCUT2D eigenvalue weighted by Crippen LogP contribution is -2.21. The average molecular weight is 299 g/mol. The summed E-state index contributed by atoms with van der Waals surface area (Å²) >= 11 is 1.54. The normalized spacial score (nSPS) is 14.7. The molecule has 3 aromatic rings. The van der Waals surface area contributed by atoms with Crippen molar-refractivity contribution in [2.45, 2.75) is 25.8 Å². The van der Waals surface area contributed by atoms with E-state index in [2.05, 4.69) is 10.1 Å². The van der Waals surface area contributed by atoms with Crippen molar-refractivity contribution in [1.29, 1.82) is 0 Å². The molecule has 0 saturated heterocycles. The Hall–Kier alpha value is -2.21. The fraction of sp³-hybridized carbons (Fsp3) is 0.267. The predicted molar refractivity (Wildman–Crippen MR) is 81.1 cm³/mol. The van der Waals surface area contributed by atoms with Gasteiger partial charge in [-0.2, -0.15) is 0 Å². The van der Waals surface area contributed by atoms with Gasteiger partial charge in [0.15, 0.2) is 0 Å². The van der Waals surface area contributed by atoms with E-state index in [1.807, 2.05) is 13.0 Å². The highest BCUT2D eigenvalue weighted by molar-refractivity contribution is 7.16. The summed E-state index contributed by atoms with van der Waals surface area (Å²) in [6.45, 7) is 1.88. The van der Waals surface area contributed by atoms with Crippen molar-refractivity contribution in [1.82, 2.24) is 14.8 Å². The second-order valence-corrected chi connectivity index (χ2v) is 6.25. The van der Waals surface area contributed by atoms with Gasteiger partial charge in [-0.15, -0.1) is 11.3 Å². The van der Waals surface area contributed by atoms with Crippen LogP contribution in [0.5, 0.6) is 0 Å². The zero-order valence-electron chi connectivity index (χ0n) is 11.4. The number of hydrogen-bond donors (Lipinski definition) is 1. The Balaban J connectivity index is 1.82. The van der Waals surface area contributed by atoms with E-state index in [0.717, 1.165) is 28.6 Å². The minimum Gasteiger partial charge on any atom is -0.302 e. The van der Waals surface area contributed by atoms with Gasteiger partial charge < -0.3 is 5.10 Å². The molecule has 0 unspecified atom stereocenters. The monoisotopic (exact) mass is 299 g/mol. The van der Waals surface area contributed by atoms with Gasteiger partial charge in [-0.3, -0.25) is 9.59 Å². The van der Waals surface area contributed by atoms with Crippen molar-refractivity contribution in [3.8, 4) is 0 Å². The second kappa shape index (κ2) is 4.39. The smallest absolute Gasteiger partial charge is 0.277 e. The van der Waals surface area contributed by atoms with E-state index in [9.17, 15) is 9.59 Å². The first kappa shape index (κ1) is 12.5. The summed E-state index contributed by atoms with van der Waals surface area (Å²) in [4.78, 5) is 29.2. The Bertz CT molecular complexity index is 915. The lowest BCUT2D eigenvalue weighted by Gasteiger charge is -2.03. The minimum absolute atomic E-state index is 0.208. The lowest BCUT2D eigenvalue weighted by molar-refractivity contribution is 0.103. The molecule has 1 aromatic carbocycles. The summed E-state index contributed by atoms with van der Waals surface area (Å²) in [6.07, 6.45) is 3.52. The van der Waals surface area contributed by atoms with Crippen LogP contribution in [0.25, 0.3) is 10.2 Å². The third-order valence-electron chi connectivity index (χ3n) is 3.95. The van der Waals surface area contributed by atoms with Crippen LogP contribution < -0.4 is 5.56 Å². The SMILES string of the molecule is Cc1c(C(=O)c2c[nH]n(C3CC3)c2=O)ccc2scnc12. The van der Waals surface area contributed by atoms with Crippen LogP contribution in [0.3, 0.4) is 0 Å². The van der Waals surface area contributed by atoms with Gasteiger partial charge in [0.25, 0.3) is 5.56 Å². The molecule has 6 heteroatoms. The number of aromatic amines is 1. The Morgan fingerprint density at radius 1 is 1.38 bits per heavy atom. The molecule has 2 aromatic heterocycles. The number of aromatic nitrogens is 3. The molecule has 106 valence electrons. The summed E-state index contributed by atoms with van der Waals surface area (Å²) < 4.78 is 2.61. The molecule has 2 heterocycles. The first-order chi connectivity index (χ1) is 10.2. The van der Waals surface area contributed by atoms with Crippen LogP contribution in [0.1, 0.15) is 40.4 Å².